The first-order valence-corrected chi connectivity index (χ1v) is 6.45. The van der Waals surface area contributed by atoms with Crippen molar-refractivity contribution in [1.82, 2.24) is 4.31 Å². The molecule has 5 heteroatoms. The molecule has 15 heavy (non-hydrogen) atoms. The minimum Gasteiger partial charge on any atom is -0.360 e. The van der Waals surface area contributed by atoms with E-state index in [1.807, 2.05) is 13.8 Å². The largest absolute Gasteiger partial charge is 0.360 e. The summed E-state index contributed by atoms with van der Waals surface area (Å²) < 4.78 is 30.8. The number of rotatable bonds is 3. The van der Waals surface area contributed by atoms with Crippen LogP contribution in [0, 0.1) is 5.41 Å². The molecule has 0 radical (unpaired) electrons. The SMILES string of the molecule is C=C(C)N(C)S(=O)(=O)C1OCCC1(C)C. The van der Waals surface area contributed by atoms with Crippen LogP contribution in [-0.4, -0.2) is 31.8 Å². The fourth-order valence-electron chi connectivity index (χ4n) is 1.62. The first kappa shape index (κ1) is 12.5. The van der Waals surface area contributed by atoms with Crippen LogP contribution in [0.3, 0.4) is 0 Å². The second-order valence-electron chi connectivity index (χ2n) is 4.69. The van der Waals surface area contributed by atoms with Crippen LogP contribution >= 0.6 is 0 Å². The first-order chi connectivity index (χ1) is 6.69. The lowest BCUT2D eigenvalue weighted by molar-refractivity contribution is 0.123. The molecule has 4 nitrogen and oxygen atoms in total. The lowest BCUT2D eigenvalue weighted by atomic mass is 9.93. The summed E-state index contributed by atoms with van der Waals surface area (Å²) in [5.74, 6) is 0. The summed E-state index contributed by atoms with van der Waals surface area (Å²) in [7, 11) is -1.92. The van der Waals surface area contributed by atoms with Gasteiger partial charge in [-0.25, -0.2) is 8.42 Å². The average Bonchev–Trinajstić information content (AvgIpc) is 2.44. The number of hydrogen-bond donors (Lipinski definition) is 0. The third-order valence-electron chi connectivity index (χ3n) is 2.84. The summed E-state index contributed by atoms with van der Waals surface area (Å²) >= 11 is 0. The van der Waals surface area contributed by atoms with E-state index in [-0.39, 0.29) is 5.41 Å². The number of nitrogens with zero attached hydrogens (tertiary/aromatic N) is 1. The van der Waals surface area contributed by atoms with E-state index in [1.54, 1.807) is 6.92 Å². The van der Waals surface area contributed by atoms with Gasteiger partial charge in [0.1, 0.15) is 0 Å². The Morgan fingerprint density at radius 1 is 1.53 bits per heavy atom. The predicted octanol–water partition coefficient (Wildman–Crippen LogP) is 1.55. The van der Waals surface area contributed by atoms with Gasteiger partial charge in [0, 0.05) is 24.8 Å². The van der Waals surface area contributed by atoms with Crippen molar-refractivity contribution in [2.24, 2.45) is 5.41 Å². The van der Waals surface area contributed by atoms with Crippen LogP contribution in [0.15, 0.2) is 12.3 Å². The Balaban J connectivity index is 3.02. The fraction of sp³-hybridized carbons (Fsp3) is 0.800. The van der Waals surface area contributed by atoms with Crippen molar-refractivity contribution in [3.05, 3.63) is 12.3 Å². The van der Waals surface area contributed by atoms with Gasteiger partial charge in [-0.3, -0.25) is 4.31 Å². The molecular weight excluding hydrogens is 214 g/mol. The van der Waals surface area contributed by atoms with Crippen molar-refractivity contribution in [3.63, 3.8) is 0 Å². The molecule has 1 aliphatic heterocycles. The molecule has 1 heterocycles. The monoisotopic (exact) mass is 233 g/mol. The van der Waals surface area contributed by atoms with Crippen LogP contribution in [0.1, 0.15) is 27.2 Å². The normalized spacial score (nSPS) is 25.2. The van der Waals surface area contributed by atoms with Gasteiger partial charge < -0.3 is 4.74 Å². The van der Waals surface area contributed by atoms with Gasteiger partial charge in [-0.1, -0.05) is 20.4 Å². The summed E-state index contributed by atoms with van der Waals surface area (Å²) in [6.45, 7) is 9.62. The molecule has 0 spiro atoms. The molecule has 1 saturated heterocycles. The van der Waals surface area contributed by atoms with Crippen LogP contribution in [0.25, 0.3) is 0 Å². The van der Waals surface area contributed by atoms with Crippen molar-refractivity contribution in [3.8, 4) is 0 Å². The van der Waals surface area contributed by atoms with E-state index in [2.05, 4.69) is 6.58 Å². The standard InChI is InChI=1S/C10H19NO3S/c1-8(2)11(5)15(12,13)9-10(3,4)6-7-14-9/h9H,1,6-7H2,2-5H3. The van der Waals surface area contributed by atoms with E-state index in [4.69, 9.17) is 4.74 Å². The number of hydrogen-bond acceptors (Lipinski definition) is 3. The maximum Gasteiger partial charge on any atom is 0.262 e. The molecule has 88 valence electrons. The van der Waals surface area contributed by atoms with E-state index in [0.29, 0.717) is 12.3 Å². The lowest BCUT2D eigenvalue weighted by Crippen LogP contribution is -2.41. The molecule has 1 unspecified atom stereocenters. The minimum atomic E-state index is -3.43. The smallest absolute Gasteiger partial charge is 0.262 e. The Kier molecular flexibility index (Phi) is 3.16. The molecule has 0 amide bonds. The van der Waals surface area contributed by atoms with Gasteiger partial charge in [0.05, 0.1) is 0 Å². The minimum absolute atomic E-state index is 0.331. The molecule has 0 bridgehead atoms. The van der Waals surface area contributed by atoms with Crippen LogP contribution in [-0.2, 0) is 14.8 Å². The summed E-state index contributed by atoms with van der Waals surface area (Å²) in [5.41, 5.74) is -0.587. The Morgan fingerprint density at radius 2 is 2.07 bits per heavy atom. The Bertz CT molecular complexity index is 359. The Labute approximate surface area is 92.0 Å². The summed E-state index contributed by atoms with van der Waals surface area (Å²) in [5, 5.41) is 0. The lowest BCUT2D eigenvalue weighted by Gasteiger charge is -2.30. The second kappa shape index (κ2) is 3.79. The highest BCUT2D eigenvalue weighted by Crippen LogP contribution is 2.38. The molecule has 1 aliphatic rings. The van der Waals surface area contributed by atoms with E-state index < -0.39 is 15.5 Å². The summed E-state index contributed by atoms with van der Waals surface area (Å²) in [4.78, 5) is 0. The summed E-state index contributed by atoms with van der Waals surface area (Å²) in [6.07, 6.45) is 0.765. The second-order valence-corrected chi connectivity index (χ2v) is 6.69. The van der Waals surface area contributed by atoms with Crippen molar-refractivity contribution in [1.29, 1.82) is 0 Å². The maximum absolute atomic E-state index is 12.1. The van der Waals surface area contributed by atoms with Gasteiger partial charge in [-0.15, -0.1) is 0 Å². The number of sulfonamides is 1. The van der Waals surface area contributed by atoms with Gasteiger partial charge in [-0.05, 0) is 13.3 Å². The zero-order chi connectivity index (χ0) is 11.9. The van der Waals surface area contributed by atoms with Crippen LogP contribution in [0.2, 0.25) is 0 Å². The van der Waals surface area contributed by atoms with Crippen LogP contribution in [0.4, 0.5) is 0 Å². The van der Waals surface area contributed by atoms with Gasteiger partial charge >= 0.3 is 0 Å². The molecule has 1 fully saturated rings. The molecule has 0 aromatic rings. The topological polar surface area (TPSA) is 46.6 Å². The zero-order valence-corrected chi connectivity index (χ0v) is 10.6. The molecule has 0 aromatic carbocycles. The molecule has 0 saturated carbocycles. The molecule has 0 N–H and O–H groups in total. The summed E-state index contributed by atoms with van der Waals surface area (Å²) in [6, 6.07) is 0. The van der Waals surface area contributed by atoms with Crippen molar-refractivity contribution < 1.29 is 13.2 Å². The Hall–Kier alpha value is -0.550. The first-order valence-electron chi connectivity index (χ1n) is 4.94. The molecule has 1 atom stereocenters. The molecular formula is C10H19NO3S. The average molecular weight is 233 g/mol. The predicted molar refractivity (Wildman–Crippen MR) is 59.6 cm³/mol. The quantitative estimate of drug-likeness (QED) is 0.743. The van der Waals surface area contributed by atoms with Gasteiger partial charge in [0.25, 0.3) is 10.0 Å². The maximum atomic E-state index is 12.1. The highest BCUT2D eigenvalue weighted by atomic mass is 32.2. The van der Waals surface area contributed by atoms with Crippen LogP contribution < -0.4 is 0 Å². The van der Waals surface area contributed by atoms with E-state index >= 15 is 0 Å². The molecule has 1 rings (SSSR count). The number of allylic oxidation sites excluding steroid dienone is 1. The highest BCUT2D eigenvalue weighted by molar-refractivity contribution is 7.89. The van der Waals surface area contributed by atoms with Crippen molar-refractivity contribution in [2.45, 2.75) is 32.6 Å². The third kappa shape index (κ3) is 2.18. The van der Waals surface area contributed by atoms with Crippen molar-refractivity contribution in [2.75, 3.05) is 13.7 Å². The highest BCUT2D eigenvalue weighted by Gasteiger charge is 2.46. The fourth-order valence-corrected chi connectivity index (χ4v) is 3.54. The molecule has 0 aliphatic carbocycles. The number of ether oxygens (including phenoxy) is 1. The van der Waals surface area contributed by atoms with E-state index in [9.17, 15) is 8.42 Å². The zero-order valence-electron chi connectivity index (χ0n) is 9.78. The van der Waals surface area contributed by atoms with E-state index in [1.165, 1.54) is 11.4 Å². The Morgan fingerprint density at radius 3 is 2.40 bits per heavy atom. The van der Waals surface area contributed by atoms with E-state index in [0.717, 1.165) is 6.42 Å². The van der Waals surface area contributed by atoms with Crippen LogP contribution in [0.5, 0.6) is 0 Å². The third-order valence-corrected chi connectivity index (χ3v) is 5.23. The van der Waals surface area contributed by atoms with Gasteiger partial charge in [0.15, 0.2) is 5.44 Å². The van der Waals surface area contributed by atoms with Gasteiger partial charge in [0.2, 0.25) is 0 Å². The van der Waals surface area contributed by atoms with Gasteiger partial charge in [-0.2, -0.15) is 0 Å². The van der Waals surface area contributed by atoms with Crippen molar-refractivity contribution >= 4 is 10.0 Å². The molecule has 0 aromatic heterocycles.